The standard InChI is InChI=1S/C18H24N2OS/c21-16(18-15-9-4-5-11-17(15)22-19-18)10-3-1-6-12-20-13-7-2-8-14-20/h4-5,9,11H,1-3,6-8,10,12-14H2. The summed E-state index contributed by atoms with van der Waals surface area (Å²) in [7, 11) is 0. The zero-order chi connectivity index (χ0) is 15.2. The lowest BCUT2D eigenvalue weighted by Gasteiger charge is -2.26. The average molecular weight is 316 g/mol. The number of fused-ring (bicyclic) bond motifs is 1. The number of aromatic nitrogens is 1. The van der Waals surface area contributed by atoms with E-state index in [-0.39, 0.29) is 5.78 Å². The summed E-state index contributed by atoms with van der Waals surface area (Å²) in [5.74, 6) is 0.204. The van der Waals surface area contributed by atoms with Gasteiger partial charge in [-0.15, -0.1) is 0 Å². The summed E-state index contributed by atoms with van der Waals surface area (Å²) in [5.41, 5.74) is 0.677. The first-order valence-corrected chi connectivity index (χ1v) is 9.22. The molecule has 1 aliphatic rings. The molecular weight excluding hydrogens is 292 g/mol. The SMILES string of the molecule is O=C(CCCCCN1CCCCC1)c1nsc2ccccc12. The first-order chi connectivity index (χ1) is 10.8. The van der Waals surface area contributed by atoms with Crippen LogP contribution in [0.2, 0.25) is 0 Å². The molecule has 1 fully saturated rings. The van der Waals surface area contributed by atoms with Gasteiger partial charge in [0.2, 0.25) is 0 Å². The van der Waals surface area contributed by atoms with Crippen molar-refractivity contribution in [2.45, 2.75) is 44.9 Å². The van der Waals surface area contributed by atoms with Crippen molar-refractivity contribution in [3.8, 4) is 0 Å². The Labute approximate surface area is 136 Å². The summed E-state index contributed by atoms with van der Waals surface area (Å²) in [6.07, 6.45) is 8.08. The van der Waals surface area contributed by atoms with Gasteiger partial charge in [0, 0.05) is 11.8 Å². The van der Waals surface area contributed by atoms with E-state index in [1.165, 1.54) is 56.9 Å². The fraction of sp³-hybridized carbons (Fsp3) is 0.556. The number of Topliss-reactive ketones (excluding diaryl/α,β-unsaturated/α-hetero) is 1. The van der Waals surface area contributed by atoms with Crippen molar-refractivity contribution in [1.82, 2.24) is 9.27 Å². The number of nitrogens with zero attached hydrogens (tertiary/aromatic N) is 2. The molecule has 3 rings (SSSR count). The molecule has 0 unspecified atom stereocenters. The second-order valence-corrected chi connectivity index (χ2v) is 6.97. The maximum absolute atomic E-state index is 12.3. The van der Waals surface area contributed by atoms with Crippen LogP contribution in [0, 0.1) is 0 Å². The molecule has 0 atom stereocenters. The molecule has 0 radical (unpaired) electrons. The van der Waals surface area contributed by atoms with Gasteiger partial charge in [-0.3, -0.25) is 4.79 Å². The first-order valence-electron chi connectivity index (χ1n) is 8.44. The van der Waals surface area contributed by atoms with Crippen LogP contribution in [0.25, 0.3) is 10.1 Å². The quantitative estimate of drug-likeness (QED) is 0.556. The molecule has 118 valence electrons. The van der Waals surface area contributed by atoms with Crippen LogP contribution in [0.1, 0.15) is 55.4 Å². The van der Waals surface area contributed by atoms with Gasteiger partial charge in [0.25, 0.3) is 0 Å². The Morgan fingerprint density at radius 2 is 1.91 bits per heavy atom. The molecule has 0 bridgehead atoms. The van der Waals surface area contributed by atoms with Gasteiger partial charge in [0.05, 0.1) is 4.70 Å². The van der Waals surface area contributed by atoms with E-state index in [1.807, 2.05) is 24.3 Å². The van der Waals surface area contributed by atoms with Crippen LogP contribution >= 0.6 is 11.5 Å². The maximum Gasteiger partial charge on any atom is 0.182 e. The number of benzene rings is 1. The van der Waals surface area contributed by atoms with E-state index in [0.29, 0.717) is 12.1 Å². The highest BCUT2D eigenvalue weighted by molar-refractivity contribution is 7.13. The number of ketones is 1. The molecule has 2 aromatic rings. The van der Waals surface area contributed by atoms with Crippen LogP contribution in [-0.4, -0.2) is 34.7 Å². The highest BCUT2D eigenvalue weighted by atomic mass is 32.1. The third-order valence-electron chi connectivity index (χ3n) is 4.47. The molecule has 2 heterocycles. The molecule has 3 nitrogen and oxygen atoms in total. The van der Waals surface area contributed by atoms with E-state index in [9.17, 15) is 4.79 Å². The lowest BCUT2D eigenvalue weighted by Crippen LogP contribution is -2.30. The Bertz CT molecular complexity index is 616. The van der Waals surface area contributed by atoms with Crippen molar-refractivity contribution < 1.29 is 4.79 Å². The van der Waals surface area contributed by atoms with Gasteiger partial charge in [-0.05, 0) is 62.9 Å². The summed E-state index contributed by atoms with van der Waals surface area (Å²) >= 11 is 1.43. The second-order valence-electron chi connectivity index (χ2n) is 6.16. The molecule has 0 N–H and O–H groups in total. The summed E-state index contributed by atoms with van der Waals surface area (Å²) in [4.78, 5) is 14.9. The molecule has 1 aliphatic heterocycles. The van der Waals surface area contributed by atoms with Gasteiger partial charge in [0.15, 0.2) is 5.78 Å². The molecule has 22 heavy (non-hydrogen) atoms. The van der Waals surface area contributed by atoms with Gasteiger partial charge in [-0.1, -0.05) is 31.0 Å². The minimum atomic E-state index is 0.204. The van der Waals surface area contributed by atoms with E-state index in [0.717, 1.165) is 22.9 Å². The van der Waals surface area contributed by atoms with Gasteiger partial charge in [-0.25, -0.2) is 0 Å². The average Bonchev–Trinajstić information content (AvgIpc) is 2.99. The zero-order valence-corrected chi connectivity index (χ0v) is 13.9. The Balaban J connectivity index is 1.41. The van der Waals surface area contributed by atoms with Crippen molar-refractivity contribution in [3.05, 3.63) is 30.0 Å². The fourth-order valence-electron chi connectivity index (χ4n) is 3.19. The van der Waals surface area contributed by atoms with Crippen LogP contribution in [0.5, 0.6) is 0 Å². The molecule has 1 aromatic heterocycles. The third-order valence-corrected chi connectivity index (χ3v) is 5.29. The summed E-state index contributed by atoms with van der Waals surface area (Å²) in [6.45, 7) is 3.74. The fourth-order valence-corrected chi connectivity index (χ4v) is 3.98. The van der Waals surface area contributed by atoms with Crippen molar-refractivity contribution >= 4 is 27.4 Å². The Morgan fingerprint density at radius 3 is 2.77 bits per heavy atom. The predicted octanol–water partition coefficient (Wildman–Crippen LogP) is 4.53. The van der Waals surface area contributed by atoms with Crippen molar-refractivity contribution in [1.29, 1.82) is 0 Å². The van der Waals surface area contributed by atoms with Crippen LogP contribution in [0.15, 0.2) is 24.3 Å². The van der Waals surface area contributed by atoms with Gasteiger partial charge in [-0.2, -0.15) is 4.37 Å². The number of carbonyl (C=O) groups excluding carboxylic acids is 1. The van der Waals surface area contributed by atoms with Crippen molar-refractivity contribution in [2.24, 2.45) is 0 Å². The lowest BCUT2D eigenvalue weighted by atomic mass is 10.1. The minimum absolute atomic E-state index is 0.204. The molecule has 0 saturated carbocycles. The largest absolute Gasteiger partial charge is 0.303 e. The third kappa shape index (κ3) is 3.93. The minimum Gasteiger partial charge on any atom is -0.303 e. The van der Waals surface area contributed by atoms with E-state index in [1.54, 1.807) is 0 Å². The van der Waals surface area contributed by atoms with E-state index in [2.05, 4.69) is 9.27 Å². The van der Waals surface area contributed by atoms with Gasteiger partial charge >= 0.3 is 0 Å². The lowest BCUT2D eigenvalue weighted by molar-refractivity contribution is 0.0976. The monoisotopic (exact) mass is 316 g/mol. The van der Waals surface area contributed by atoms with Crippen molar-refractivity contribution in [2.75, 3.05) is 19.6 Å². The van der Waals surface area contributed by atoms with Crippen molar-refractivity contribution in [3.63, 3.8) is 0 Å². The molecule has 0 amide bonds. The topological polar surface area (TPSA) is 33.2 Å². The highest BCUT2D eigenvalue weighted by Gasteiger charge is 2.14. The molecular formula is C18H24N2OS. The molecule has 1 saturated heterocycles. The highest BCUT2D eigenvalue weighted by Crippen LogP contribution is 2.23. The van der Waals surface area contributed by atoms with E-state index >= 15 is 0 Å². The number of hydrogen-bond acceptors (Lipinski definition) is 4. The predicted molar refractivity (Wildman–Crippen MR) is 92.7 cm³/mol. The second kappa shape index (κ2) is 7.84. The zero-order valence-electron chi connectivity index (χ0n) is 13.1. The summed E-state index contributed by atoms with van der Waals surface area (Å²) in [6, 6.07) is 8.01. The number of unbranched alkanes of at least 4 members (excludes halogenated alkanes) is 2. The Hall–Kier alpha value is -1.26. The number of likely N-dealkylation sites (tertiary alicyclic amines) is 1. The molecule has 4 heteroatoms. The van der Waals surface area contributed by atoms with Crippen LogP contribution in [0.3, 0.4) is 0 Å². The van der Waals surface area contributed by atoms with E-state index in [4.69, 9.17) is 0 Å². The Kier molecular flexibility index (Phi) is 5.57. The Morgan fingerprint density at radius 1 is 1.09 bits per heavy atom. The number of piperidine rings is 1. The van der Waals surface area contributed by atoms with Crippen LogP contribution in [0.4, 0.5) is 0 Å². The van der Waals surface area contributed by atoms with Crippen LogP contribution < -0.4 is 0 Å². The number of rotatable bonds is 7. The first kappa shape index (κ1) is 15.6. The van der Waals surface area contributed by atoms with E-state index < -0.39 is 0 Å². The number of hydrogen-bond donors (Lipinski definition) is 0. The number of carbonyl (C=O) groups is 1. The molecule has 0 spiro atoms. The summed E-state index contributed by atoms with van der Waals surface area (Å²) < 4.78 is 5.46. The summed E-state index contributed by atoms with van der Waals surface area (Å²) in [5, 5.41) is 1.02. The van der Waals surface area contributed by atoms with Gasteiger partial charge < -0.3 is 4.90 Å². The maximum atomic E-state index is 12.3. The molecule has 1 aromatic carbocycles. The molecule has 0 aliphatic carbocycles. The normalized spacial score (nSPS) is 16.2. The smallest absolute Gasteiger partial charge is 0.182 e. The van der Waals surface area contributed by atoms with Crippen LogP contribution in [-0.2, 0) is 0 Å². The van der Waals surface area contributed by atoms with Gasteiger partial charge in [0.1, 0.15) is 5.69 Å².